The minimum atomic E-state index is -0.556. The van der Waals surface area contributed by atoms with Crippen molar-refractivity contribution < 1.29 is 14.3 Å². The summed E-state index contributed by atoms with van der Waals surface area (Å²) in [6.45, 7) is 3.73. The van der Waals surface area contributed by atoms with Gasteiger partial charge < -0.3 is 14.6 Å². The number of hydrogen-bond acceptors (Lipinski definition) is 4. The van der Waals surface area contributed by atoms with Crippen molar-refractivity contribution in [3.05, 3.63) is 47.0 Å². The van der Waals surface area contributed by atoms with Gasteiger partial charge in [-0.25, -0.2) is 9.78 Å². The third-order valence-corrected chi connectivity index (χ3v) is 3.44. The maximum Gasteiger partial charge on any atom is 0.374 e. The highest BCUT2D eigenvalue weighted by Crippen LogP contribution is 2.22. The van der Waals surface area contributed by atoms with E-state index in [0.29, 0.717) is 10.7 Å². The van der Waals surface area contributed by atoms with Crippen LogP contribution < -0.4 is 5.32 Å². The molecule has 6 nitrogen and oxygen atoms in total. The summed E-state index contributed by atoms with van der Waals surface area (Å²) in [5.74, 6) is -0.743. The van der Waals surface area contributed by atoms with E-state index < -0.39 is 5.97 Å². The molecule has 1 amide bonds. The largest absolute Gasteiger partial charge is 0.460 e. The number of nitrogens with zero attached hydrogens (tertiary/aromatic N) is 2. The fourth-order valence-electron chi connectivity index (χ4n) is 1.91. The number of imidazole rings is 1. The van der Waals surface area contributed by atoms with Crippen LogP contribution in [0.2, 0.25) is 5.02 Å². The molecule has 0 aliphatic heterocycles. The van der Waals surface area contributed by atoms with E-state index in [4.69, 9.17) is 16.3 Å². The Labute approximate surface area is 133 Å². The van der Waals surface area contributed by atoms with Gasteiger partial charge in [0.05, 0.1) is 6.61 Å². The number of halogens is 1. The number of anilines is 1. The van der Waals surface area contributed by atoms with Crippen molar-refractivity contribution in [2.24, 2.45) is 0 Å². The van der Waals surface area contributed by atoms with Crippen LogP contribution in [0, 0.1) is 6.92 Å². The summed E-state index contributed by atoms with van der Waals surface area (Å²) in [6.07, 6.45) is 3.00. The molecule has 1 aromatic heterocycles. The first-order valence-electron chi connectivity index (χ1n) is 6.76. The number of esters is 1. The van der Waals surface area contributed by atoms with Gasteiger partial charge in [0, 0.05) is 23.1 Å². The summed E-state index contributed by atoms with van der Waals surface area (Å²) in [4.78, 5) is 27.7. The molecule has 22 heavy (non-hydrogen) atoms. The third-order valence-electron chi connectivity index (χ3n) is 3.03. The summed E-state index contributed by atoms with van der Waals surface area (Å²) in [6, 6.07) is 5.27. The minimum Gasteiger partial charge on any atom is -0.460 e. The molecule has 1 N–H and O–H groups in total. The summed E-state index contributed by atoms with van der Waals surface area (Å²) in [5.41, 5.74) is 1.42. The van der Waals surface area contributed by atoms with Gasteiger partial charge >= 0.3 is 5.97 Å². The van der Waals surface area contributed by atoms with Crippen LogP contribution in [-0.2, 0) is 16.1 Å². The number of ether oxygens (including phenoxy) is 1. The van der Waals surface area contributed by atoms with Gasteiger partial charge in [-0.2, -0.15) is 0 Å². The molecule has 0 spiro atoms. The van der Waals surface area contributed by atoms with Crippen LogP contribution in [0.25, 0.3) is 0 Å². The molecule has 2 rings (SSSR count). The zero-order chi connectivity index (χ0) is 16.1. The number of nitrogens with one attached hydrogen (secondary N) is 1. The molecule has 0 aliphatic carbocycles. The lowest BCUT2D eigenvalue weighted by molar-refractivity contribution is -0.116. The van der Waals surface area contributed by atoms with E-state index in [1.807, 2.05) is 6.92 Å². The average molecular weight is 322 g/mol. The Morgan fingerprint density at radius 2 is 2.18 bits per heavy atom. The van der Waals surface area contributed by atoms with Crippen molar-refractivity contribution in [3.63, 3.8) is 0 Å². The number of carbonyl (C=O) groups is 2. The third kappa shape index (κ3) is 3.65. The van der Waals surface area contributed by atoms with Gasteiger partial charge in [0.1, 0.15) is 6.54 Å². The second-order valence-electron chi connectivity index (χ2n) is 4.56. The maximum atomic E-state index is 12.1. The summed E-state index contributed by atoms with van der Waals surface area (Å²) < 4.78 is 6.33. The topological polar surface area (TPSA) is 73.2 Å². The molecule has 0 atom stereocenters. The Morgan fingerprint density at radius 3 is 2.91 bits per heavy atom. The summed E-state index contributed by atoms with van der Waals surface area (Å²) in [5, 5.41) is 3.34. The first-order chi connectivity index (χ1) is 10.5. The van der Waals surface area contributed by atoms with Crippen LogP contribution in [0.1, 0.15) is 23.1 Å². The zero-order valence-electron chi connectivity index (χ0n) is 12.3. The Bertz CT molecular complexity index is 697. The van der Waals surface area contributed by atoms with Crippen LogP contribution in [0.3, 0.4) is 0 Å². The van der Waals surface area contributed by atoms with Crippen LogP contribution in [0.15, 0.2) is 30.6 Å². The summed E-state index contributed by atoms with van der Waals surface area (Å²) >= 11 is 6.01. The predicted octanol–water partition coefficient (Wildman–Crippen LogP) is 2.66. The lowest BCUT2D eigenvalue weighted by atomic mass is 10.2. The predicted molar refractivity (Wildman–Crippen MR) is 83.0 cm³/mol. The van der Waals surface area contributed by atoms with Crippen LogP contribution in [0.5, 0.6) is 0 Å². The highest BCUT2D eigenvalue weighted by atomic mass is 35.5. The van der Waals surface area contributed by atoms with E-state index in [1.54, 1.807) is 31.3 Å². The molecule has 1 aromatic carbocycles. The van der Waals surface area contributed by atoms with E-state index in [2.05, 4.69) is 10.3 Å². The highest BCUT2D eigenvalue weighted by Gasteiger charge is 2.16. The normalized spacial score (nSPS) is 10.3. The number of rotatable bonds is 5. The molecule has 1 heterocycles. The summed E-state index contributed by atoms with van der Waals surface area (Å²) in [7, 11) is 0. The number of aromatic nitrogens is 2. The number of amides is 1. The minimum absolute atomic E-state index is 0.0416. The molecule has 0 bridgehead atoms. The number of carbonyl (C=O) groups excluding carboxylic acids is 2. The van der Waals surface area contributed by atoms with E-state index in [0.717, 1.165) is 5.56 Å². The average Bonchev–Trinajstić information content (AvgIpc) is 2.92. The molecule has 7 heteroatoms. The van der Waals surface area contributed by atoms with Crippen molar-refractivity contribution in [1.82, 2.24) is 9.55 Å². The lowest BCUT2D eigenvalue weighted by Crippen LogP contribution is -2.22. The molecule has 116 valence electrons. The lowest BCUT2D eigenvalue weighted by Gasteiger charge is -2.11. The van der Waals surface area contributed by atoms with Crippen LogP contribution in [0.4, 0.5) is 5.69 Å². The number of benzene rings is 1. The Balaban J connectivity index is 2.08. The smallest absolute Gasteiger partial charge is 0.374 e. The second kappa shape index (κ2) is 7.09. The van der Waals surface area contributed by atoms with Crippen molar-refractivity contribution in [3.8, 4) is 0 Å². The van der Waals surface area contributed by atoms with Crippen molar-refractivity contribution in [2.45, 2.75) is 20.4 Å². The van der Waals surface area contributed by atoms with Crippen LogP contribution in [-0.4, -0.2) is 28.0 Å². The van der Waals surface area contributed by atoms with E-state index in [1.165, 1.54) is 10.8 Å². The van der Waals surface area contributed by atoms with E-state index >= 15 is 0 Å². The number of hydrogen-bond donors (Lipinski definition) is 1. The first-order valence-corrected chi connectivity index (χ1v) is 7.14. The molecule has 0 fully saturated rings. The van der Waals surface area contributed by atoms with E-state index in [9.17, 15) is 9.59 Å². The molecule has 0 saturated carbocycles. The van der Waals surface area contributed by atoms with Gasteiger partial charge in [-0.15, -0.1) is 0 Å². The molecule has 0 saturated heterocycles. The van der Waals surface area contributed by atoms with Gasteiger partial charge in [0.2, 0.25) is 11.7 Å². The maximum absolute atomic E-state index is 12.1. The zero-order valence-corrected chi connectivity index (χ0v) is 13.1. The first kappa shape index (κ1) is 16.0. The van der Waals surface area contributed by atoms with Gasteiger partial charge in [-0.05, 0) is 31.5 Å². The van der Waals surface area contributed by atoms with Crippen molar-refractivity contribution in [2.75, 3.05) is 11.9 Å². The molecular weight excluding hydrogens is 306 g/mol. The van der Waals surface area contributed by atoms with Crippen molar-refractivity contribution >= 4 is 29.2 Å². The fourth-order valence-corrected chi connectivity index (χ4v) is 2.08. The fraction of sp³-hybridized carbons (Fsp3) is 0.267. The SMILES string of the molecule is CCOC(=O)c1nccn1CC(=O)Nc1cccc(Cl)c1C. The second-order valence-corrected chi connectivity index (χ2v) is 4.97. The molecular formula is C15H16ClN3O3. The van der Waals surface area contributed by atoms with Gasteiger partial charge in [-0.1, -0.05) is 17.7 Å². The van der Waals surface area contributed by atoms with Gasteiger partial charge in [-0.3, -0.25) is 4.79 Å². The Morgan fingerprint density at radius 1 is 1.41 bits per heavy atom. The van der Waals surface area contributed by atoms with Gasteiger partial charge in [0.25, 0.3) is 0 Å². The molecule has 0 radical (unpaired) electrons. The molecule has 2 aromatic rings. The highest BCUT2D eigenvalue weighted by molar-refractivity contribution is 6.31. The Kier molecular flexibility index (Phi) is 5.16. The van der Waals surface area contributed by atoms with Gasteiger partial charge in [0.15, 0.2) is 0 Å². The molecule has 0 aliphatic rings. The standard InChI is InChI=1S/C15H16ClN3O3/c1-3-22-15(21)14-17-7-8-19(14)9-13(20)18-12-6-4-5-11(16)10(12)2/h4-8H,3,9H2,1-2H3,(H,18,20). The Hall–Kier alpha value is -2.34. The van der Waals surface area contributed by atoms with E-state index in [-0.39, 0.29) is 24.9 Å². The molecule has 0 unspecified atom stereocenters. The monoisotopic (exact) mass is 321 g/mol. The van der Waals surface area contributed by atoms with Crippen LogP contribution >= 0.6 is 11.6 Å². The van der Waals surface area contributed by atoms with Crippen molar-refractivity contribution in [1.29, 1.82) is 0 Å². The quantitative estimate of drug-likeness (QED) is 0.859.